The highest BCUT2D eigenvalue weighted by molar-refractivity contribution is 7.09. The summed E-state index contributed by atoms with van der Waals surface area (Å²) < 4.78 is 5.51. The number of hydrogen-bond donors (Lipinski definition) is 2. The Bertz CT molecular complexity index is 236. The molecule has 4 heteroatoms. The van der Waals surface area contributed by atoms with Gasteiger partial charge in [-0.3, -0.25) is 11.3 Å². The lowest BCUT2D eigenvalue weighted by Gasteiger charge is -2.16. The van der Waals surface area contributed by atoms with E-state index >= 15 is 0 Å². The molecule has 1 aromatic heterocycles. The van der Waals surface area contributed by atoms with E-state index < -0.39 is 0 Å². The van der Waals surface area contributed by atoms with Crippen LogP contribution in [0.5, 0.6) is 0 Å². The third-order valence-corrected chi connectivity index (χ3v) is 2.79. The van der Waals surface area contributed by atoms with Crippen molar-refractivity contribution in [3.63, 3.8) is 0 Å². The molecule has 0 saturated carbocycles. The van der Waals surface area contributed by atoms with E-state index in [0.717, 1.165) is 6.42 Å². The van der Waals surface area contributed by atoms with Gasteiger partial charge in [0.1, 0.15) is 0 Å². The highest BCUT2D eigenvalue weighted by atomic mass is 32.1. The second-order valence-electron chi connectivity index (χ2n) is 3.53. The Kier molecular flexibility index (Phi) is 5.11. The van der Waals surface area contributed by atoms with Crippen LogP contribution >= 0.6 is 11.3 Å². The first-order chi connectivity index (χ1) is 6.72. The van der Waals surface area contributed by atoms with Gasteiger partial charge in [0.05, 0.1) is 12.7 Å². The fourth-order valence-corrected chi connectivity index (χ4v) is 1.93. The van der Waals surface area contributed by atoms with Crippen LogP contribution in [0, 0.1) is 0 Å². The maximum absolute atomic E-state index is 5.51. The predicted octanol–water partition coefficient (Wildman–Crippen LogP) is 1.55. The first-order valence-corrected chi connectivity index (χ1v) is 5.70. The van der Waals surface area contributed by atoms with E-state index in [2.05, 4.69) is 22.9 Å². The summed E-state index contributed by atoms with van der Waals surface area (Å²) in [5.41, 5.74) is 2.78. The Labute approximate surface area is 89.2 Å². The molecule has 1 heterocycles. The quantitative estimate of drug-likeness (QED) is 0.558. The third kappa shape index (κ3) is 4.19. The van der Waals surface area contributed by atoms with Crippen LogP contribution < -0.4 is 11.3 Å². The molecule has 1 atom stereocenters. The molecule has 3 nitrogen and oxygen atoms in total. The van der Waals surface area contributed by atoms with Crippen LogP contribution in [0.3, 0.4) is 0 Å². The standard InChI is InChI=1S/C10H18N2OS/c1-8(2)13-7-9(12-11)6-10-4-3-5-14-10/h3-5,8-9,12H,6-7,11H2,1-2H3. The van der Waals surface area contributed by atoms with Gasteiger partial charge in [-0.05, 0) is 25.3 Å². The van der Waals surface area contributed by atoms with Crippen LogP contribution in [0.1, 0.15) is 18.7 Å². The number of nitrogens with one attached hydrogen (secondary N) is 1. The van der Waals surface area contributed by atoms with Gasteiger partial charge in [0.15, 0.2) is 0 Å². The average Bonchev–Trinajstić information content (AvgIpc) is 2.64. The molecule has 14 heavy (non-hydrogen) atoms. The van der Waals surface area contributed by atoms with Gasteiger partial charge in [-0.2, -0.15) is 0 Å². The molecular weight excluding hydrogens is 196 g/mol. The van der Waals surface area contributed by atoms with Crippen molar-refractivity contribution in [2.45, 2.75) is 32.4 Å². The van der Waals surface area contributed by atoms with Crippen molar-refractivity contribution in [3.05, 3.63) is 22.4 Å². The van der Waals surface area contributed by atoms with Gasteiger partial charge in [-0.25, -0.2) is 0 Å². The summed E-state index contributed by atoms with van der Waals surface area (Å²) >= 11 is 1.75. The van der Waals surface area contributed by atoms with Crippen LogP contribution in [-0.4, -0.2) is 18.8 Å². The topological polar surface area (TPSA) is 47.3 Å². The van der Waals surface area contributed by atoms with Gasteiger partial charge in [-0.15, -0.1) is 11.3 Å². The van der Waals surface area contributed by atoms with Crippen LogP contribution in [0.2, 0.25) is 0 Å². The van der Waals surface area contributed by atoms with Crippen LogP contribution in [0.15, 0.2) is 17.5 Å². The van der Waals surface area contributed by atoms with Gasteiger partial charge < -0.3 is 4.74 Å². The lowest BCUT2D eigenvalue weighted by Crippen LogP contribution is -2.40. The van der Waals surface area contributed by atoms with E-state index in [0.29, 0.717) is 6.61 Å². The molecule has 3 N–H and O–H groups in total. The van der Waals surface area contributed by atoms with E-state index in [4.69, 9.17) is 10.6 Å². The molecule has 1 rings (SSSR count). The molecule has 0 aliphatic heterocycles. The highest BCUT2D eigenvalue weighted by Crippen LogP contribution is 2.11. The Morgan fingerprint density at radius 2 is 2.36 bits per heavy atom. The molecule has 0 amide bonds. The maximum atomic E-state index is 5.51. The molecule has 0 aliphatic carbocycles. The molecule has 0 aromatic carbocycles. The van der Waals surface area contributed by atoms with E-state index in [1.165, 1.54) is 4.88 Å². The second-order valence-corrected chi connectivity index (χ2v) is 4.56. The Morgan fingerprint density at radius 3 is 2.86 bits per heavy atom. The molecule has 0 radical (unpaired) electrons. The fraction of sp³-hybridized carbons (Fsp3) is 0.600. The van der Waals surface area contributed by atoms with Crippen molar-refractivity contribution in [2.75, 3.05) is 6.61 Å². The fourth-order valence-electron chi connectivity index (χ4n) is 1.15. The zero-order valence-electron chi connectivity index (χ0n) is 8.69. The number of hydrazine groups is 1. The first kappa shape index (κ1) is 11.7. The highest BCUT2D eigenvalue weighted by Gasteiger charge is 2.09. The average molecular weight is 214 g/mol. The van der Waals surface area contributed by atoms with Crippen LogP contribution in [0.25, 0.3) is 0 Å². The molecule has 1 unspecified atom stereocenters. The molecule has 80 valence electrons. The van der Waals surface area contributed by atoms with Crippen molar-refractivity contribution >= 4 is 11.3 Å². The van der Waals surface area contributed by atoms with Crippen molar-refractivity contribution in [3.8, 4) is 0 Å². The zero-order valence-corrected chi connectivity index (χ0v) is 9.51. The van der Waals surface area contributed by atoms with Gasteiger partial charge in [0, 0.05) is 17.3 Å². The van der Waals surface area contributed by atoms with E-state index in [-0.39, 0.29) is 12.1 Å². The minimum Gasteiger partial charge on any atom is -0.377 e. The monoisotopic (exact) mass is 214 g/mol. The third-order valence-electron chi connectivity index (χ3n) is 1.89. The molecule has 1 aromatic rings. The smallest absolute Gasteiger partial charge is 0.0640 e. The summed E-state index contributed by atoms with van der Waals surface area (Å²) in [4.78, 5) is 1.33. The molecule has 0 saturated heterocycles. The minimum absolute atomic E-state index is 0.205. The summed E-state index contributed by atoms with van der Waals surface area (Å²) in [6.45, 7) is 4.71. The lowest BCUT2D eigenvalue weighted by atomic mass is 10.2. The summed E-state index contributed by atoms with van der Waals surface area (Å²) in [6.07, 6.45) is 1.19. The zero-order chi connectivity index (χ0) is 10.4. The van der Waals surface area contributed by atoms with E-state index in [1.807, 2.05) is 13.8 Å². The molecule has 0 aliphatic rings. The Morgan fingerprint density at radius 1 is 1.57 bits per heavy atom. The van der Waals surface area contributed by atoms with Crippen molar-refractivity contribution in [2.24, 2.45) is 5.84 Å². The second kappa shape index (κ2) is 6.14. The number of ether oxygens (including phenoxy) is 1. The van der Waals surface area contributed by atoms with Crippen molar-refractivity contribution < 1.29 is 4.74 Å². The number of thiophene rings is 1. The summed E-state index contributed by atoms with van der Waals surface area (Å²) in [7, 11) is 0. The maximum Gasteiger partial charge on any atom is 0.0640 e. The van der Waals surface area contributed by atoms with Crippen LogP contribution in [0.4, 0.5) is 0 Å². The SMILES string of the molecule is CC(C)OCC(Cc1cccs1)NN. The predicted molar refractivity (Wildman–Crippen MR) is 60.2 cm³/mol. The number of hydrogen-bond acceptors (Lipinski definition) is 4. The molecular formula is C10H18N2OS. The van der Waals surface area contributed by atoms with Crippen molar-refractivity contribution in [1.82, 2.24) is 5.43 Å². The molecule has 0 spiro atoms. The summed E-state index contributed by atoms with van der Waals surface area (Å²) in [5, 5.41) is 2.08. The molecule has 0 fully saturated rings. The van der Waals surface area contributed by atoms with Gasteiger partial charge >= 0.3 is 0 Å². The lowest BCUT2D eigenvalue weighted by molar-refractivity contribution is 0.0614. The van der Waals surface area contributed by atoms with Crippen molar-refractivity contribution in [1.29, 1.82) is 0 Å². The normalized spacial score (nSPS) is 13.4. The van der Waals surface area contributed by atoms with Gasteiger partial charge in [0.25, 0.3) is 0 Å². The number of rotatable bonds is 6. The largest absolute Gasteiger partial charge is 0.377 e. The van der Waals surface area contributed by atoms with Crippen LogP contribution in [-0.2, 0) is 11.2 Å². The van der Waals surface area contributed by atoms with Gasteiger partial charge in [0.2, 0.25) is 0 Å². The summed E-state index contributed by atoms with van der Waals surface area (Å²) in [5.74, 6) is 5.45. The Balaban J connectivity index is 2.32. The Hall–Kier alpha value is -0.420. The van der Waals surface area contributed by atoms with E-state index in [9.17, 15) is 0 Å². The number of nitrogens with two attached hydrogens (primary N) is 1. The van der Waals surface area contributed by atoms with Gasteiger partial charge in [-0.1, -0.05) is 6.07 Å². The molecule has 0 bridgehead atoms. The first-order valence-electron chi connectivity index (χ1n) is 4.82. The minimum atomic E-state index is 0.205. The van der Waals surface area contributed by atoms with E-state index in [1.54, 1.807) is 11.3 Å². The summed E-state index contributed by atoms with van der Waals surface area (Å²) in [6, 6.07) is 4.37.